The van der Waals surface area contributed by atoms with Crippen LogP contribution in [0.25, 0.3) is 0 Å². The SMILES string of the molecule is CC(=O)OC[C@]12CCCC=C1[C@H](OC(C)=O)C[C@@H]1[C@@H]2CC[C@]2(C)C(=O)CC[C@@H]12. The number of hydrogen-bond acceptors (Lipinski definition) is 5. The molecular formula is C23H32O5. The average Bonchev–Trinajstić information content (AvgIpc) is 2.95. The van der Waals surface area contributed by atoms with Crippen LogP contribution in [0.3, 0.4) is 0 Å². The Labute approximate surface area is 167 Å². The summed E-state index contributed by atoms with van der Waals surface area (Å²) in [6, 6.07) is 0. The summed E-state index contributed by atoms with van der Waals surface area (Å²) in [4.78, 5) is 36.2. The van der Waals surface area contributed by atoms with Crippen molar-refractivity contribution in [3.63, 3.8) is 0 Å². The van der Waals surface area contributed by atoms with Crippen LogP contribution >= 0.6 is 0 Å². The molecular weight excluding hydrogens is 356 g/mol. The molecule has 6 atom stereocenters. The minimum atomic E-state index is -0.266. The van der Waals surface area contributed by atoms with Crippen LogP contribution in [0.1, 0.15) is 72.1 Å². The second-order valence-electron chi connectivity index (χ2n) is 9.62. The van der Waals surface area contributed by atoms with Gasteiger partial charge >= 0.3 is 11.9 Å². The van der Waals surface area contributed by atoms with Gasteiger partial charge in [-0.2, -0.15) is 0 Å². The van der Waals surface area contributed by atoms with Crippen LogP contribution in [0.4, 0.5) is 0 Å². The smallest absolute Gasteiger partial charge is 0.303 e. The summed E-state index contributed by atoms with van der Waals surface area (Å²) in [5, 5.41) is 0. The zero-order chi connectivity index (χ0) is 20.1. The predicted octanol–water partition coefficient (Wildman–Crippen LogP) is 3.99. The first-order valence-corrected chi connectivity index (χ1v) is 10.8. The number of hydrogen-bond donors (Lipinski definition) is 0. The molecule has 0 radical (unpaired) electrons. The molecule has 0 spiro atoms. The molecule has 0 aromatic carbocycles. The van der Waals surface area contributed by atoms with Gasteiger partial charge in [0.05, 0.1) is 0 Å². The minimum Gasteiger partial charge on any atom is -0.465 e. The molecule has 0 N–H and O–H groups in total. The zero-order valence-corrected chi connectivity index (χ0v) is 17.3. The lowest BCUT2D eigenvalue weighted by Crippen LogP contribution is -2.56. The average molecular weight is 389 g/mol. The maximum atomic E-state index is 12.7. The molecule has 5 nitrogen and oxygen atoms in total. The van der Waals surface area contributed by atoms with E-state index in [1.165, 1.54) is 19.4 Å². The first-order valence-electron chi connectivity index (χ1n) is 10.8. The Kier molecular flexibility index (Phi) is 4.91. The third-order valence-electron chi connectivity index (χ3n) is 8.30. The Balaban J connectivity index is 1.76. The van der Waals surface area contributed by atoms with Gasteiger partial charge in [-0.05, 0) is 68.3 Å². The Hall–Kier alpha value is -1.65. The molecule has 0 amide bonds. The maximum absolute atomic E-state index is 12.7. The summed E-state index contributed by atoms with van der Waals surface area (Å²) in [5.41, 5.74) is 0.685. The number of ether oxygens (including phenoxy) is 2. The number of ketones is 1. The fourth-order valence-corrected chi connectivity index (χ4v) is 7.13. The molecule has 4 aliphatic rings. The third-order valence-corrected chi connectivity index (χ3v) is 8.30. The third kappa shape index (κ3) is 2.93. The van der Waals surface area contributed by atoms with E-state index in [1.54, 1.807) is 0 Å². The molecule has 3 saturated carbocycles. The number of carbonyl (C=O) groups excluding carboxylic acids is 3. The van der Waals surface area contributed by atoms with Crippen molar-refractivity contribution < 1.29 is 23.9 Å². The van der Waals surface area contributed by atoms with Gasteiger partial charge in [0.1, 0.15) is 18.5 Å². The summed E-state index contributed by atoms with van der Waals surface area (Å²) in [6.45, 7) is 5.44. The number of fused-ring (bicyclic) bond motifs is 5. The lowest BCUT2D eigenvalue weighted by Gasteiger charge is -2.59. The van der Waals surface area contributed by atoms with Crippen molar-refractivity contribution in [2.75, 3.05) is 6.61 Å². The molecule has 0 heterocycles. The lowest BCUT2D eigenvalue weighted by molar-refractivity contribution is -0.162. The Morgan fingerprint density at radius 2 is 1.93 bits per heavy atom. The topological polar surface area (TPSA) is 69.7 Å². The molecule has 28 heavy (non-hydrogen) atoms. The minimum absolute atomic E-state index is 0.236. The quantitative estimate of drug-likeness (QED) is 0.540. The van der Waals surface area contributed by atoms with E-state index < -0.39 is 0 Å². The van der Waals surface area contributed by atoms with Gasteiger partial charge in [0, 0.05) is 31.1 Å². The molecule has 0 unspecified atom stereocenters. The highest BCUT2D eigenvalue weighted by Gasteiger charge is 2.62. The zero-order valence-electron chi connectivity index (χ0n) is 17.3. The molecule has 0 bridgehead atoms. The normalized spacial score (nSPS) is 42.0. The van der Waals surface area contributed by atoms with Gasteiger partial charge in [-0.1, -0.05) is 13.0 Å². The second kappa shape index (κ2) is 7.00. The summed E-state index contributed by atoms with van der Waals surface area (Å²) < 4.78 is 11.4. The van der Waals surface area contributed by atoms with Crippen molar-refractivity contribution in [2.45, 2.75) is 78.2 Å². The van der Waals surface area contributed by atoms with Gasteiger partial charge in [0.2, 0.25) is 0 Å². The van der Waals surface area contributed by atoms with Crippen LogP contribution < -0.4 is 0 Å². The monoisotopic (exact) mass is 388 g/mol. The highest BCUT2D eigenvalue weighted by atomic mass is 16.5. The summed E-state index contributed by atoms with van der Waals surface area (Å²) in [6.07, 6.45) is 9.28. The van der Waals surface area contributed by atoms with Crippen LogP contribution in [0, 0.1) is 28.6 Å². The predicted molar refractivity (Wildman–Crippen MR) is 103 cm³/mol. The van der Waals surface area contributed by atoms with E-state index >= 15 is 0 Å². The lowest BCUT2D eigenvalue weighted by atomic mass is 9.46. The number of Topliss-reactive ketones (excluding diaryl/α,β-unsaturated/α-hetero) is 1. The van der Waals surface area contributed by atoms with Crippen LogP contribution in [0.15, 0.2) is 11.6 Å². The van der Waals surface area contributed by atoms with Crippen molar-refractivity contribution in [2.24, 2.45) is 28.6 Å². The van der Waals surface area contributed by atoms with Crippen LogP contribution in [-0.2, 0) is 23.9 Å². The summed E-state index contributed by atoms with van der Waals surface area (Å²) in [7, 11) is 0. The summed E-state index contributed by atoms with van der Waals surface area (Å²) in [5.74, 6) is 0.933. The number of rotatable bonds is 3. The van der Waals surface area contributed by atoms with Gasteiger partial charge in [-0.3, -0.25) is 14.4 Å². The molecule has 4 aliphatic carbocycles. The van der Waals surface area contributed by atoms with Crippen molar-refractivity contribution in [3.8, 4) is 0 Å². The van der Waals surface area contributed by atoms with E-state index in [4.69, 9.17) is 9.47 Å². The molecule has 0 aromatic heterocycles. The molecule has 5 heteroatoms. The van der Waals surface area contributed by atoms with Gasteiger partial charge < -0.3 is 9.47 Å². The molecule has 3 fully saturated rings. The van der Waals surface area contributed by atoms with Gasteiger partial charge in [-0.25, -0.2) is 0 Å². The van der Waals surface area contributed by atoms with E-state index in [2.05, 4.69) is 13.0 Å². The maximum Gasteiger partial charge on any atom is 0.303 e. The molecule has 0 aliphatic heterocycles. The van der Waals surface area contributed by atoms with Gasteiger partial charge in [0.15, 0.2) is 0 Å². The largest absolute Gasteiger partial charge is 0.465 e. The molecule has 4 rings (SSSR count). The second-order valence-corrected chi connectivity index (χ2v) is 9.62. The van der Waals surface area contributed by atoms with E-state index in [0.717, 1.165) is 44.9 Å². The van der Waals surface area contributed by atoms with Crippen LogP contribution in [0.5, 0.6) is 0 Å². The van der Waals surface area contributed by atoms with E-state index in [1.807, 2.05) is 0 Å². The van der Waals surface area contributed by atoms with Crippen LogP contribution in [-0.4, -0.2) is 30.4 Å². The fourth-order valence-electron chi connectivity index (χ4n) is 7.13. The Morgan fingerprint density at radius 3 is 2.64 bits per heavy atom. The van der Waals surface area contributed by atoms with Crippen molar-refractivity contribution in [3.05, 3.63) is 11.6 Å². The van der Waals surface area contributed by atoms with Crippen molar-refractivity contribution >= 4 is 17.7 Å². The first kappa shape index (κ1) is 19.7. The Bertz CT molecular complexity index is 725. The fraction of sp³-hybridized carbons (Fsp3) is 0.783. The van der Waals surface area contributed by atoms with E-state index in [-0.39, 0.29) is 28.9 Å². The van der Waals surface area contributed by atoms with E-state index in [0.29, 0.717) is 36.6 Å². The van der Waals surface area contributed by atoms with E-state index in [9.17, 15) is 14.4 Å². The Morgan fingerprint density at radius 1 is 1.14 bits per heavy atom. The standard InChI is InChI=1S/C23H32O5/c1-14(24)27-13-23-10-5-4-6-19(23)20(28-15(2)25)12-16-17-7-8-21(26)22(17,3)11-9-18(16)23/h6,16-18,20H,4-5,7-13H2,1-3H3/t16-,17-,18-,20+,22-,23-/m0/s1. The number of esters is 2. The highest BCUT2D eigenvalue weighted by molar-refractivity contribution is 5.87. The molecule has 0 saturated heterocycles. The van der Waals surface area contributed by atoms with Gasteiger partial charge in [0.25, 0.3) is 0 Å². The van der Waals surface area contributed by atoms with Crippen LogP contribution in [0.2, 0.25) is 0 Å². The van der Waals surface area contributed by atoms with Gasteiger partial charge in [-0.15, -0.1) is 0 Å². The first-order chi connectivity index (χ1) is 13.3. The molecule has 154 valence electrons. The number of allylic oxidation sites excluding steroid dienone is 1. The number of carbonyl (C=O) groups is 3. The van der Waals surface area contributed by atoms with Crippen molar-refractivity contribution in [1.29, 1.82) is 0 Å². The highest BCUT2D eigenvalue weighted by Crippen LogP contribution is 2.65. The summed E-state index contributed by atoms with van der Waals surface area (Å²) >= 11 is 0. The molecule has 0 aromatic rings. The van der Waals surface area contributed by atoms with Crippen molar-refractivity contribution in [1.82, 2.24) is 0 Å².